The molecule has 1 aromatic rings. The molecule has 18 heavy (non-hydrogen) atoms. The van der Waals surface area contributed by atoms with Crippen molar-refractivity contribution in [3.63, 3.8) is 0 Å². The number of carboxylic acids is 1. The highest BCUT2D eigenvalue weighted by Crippen LogP contribution is 2.24. The molecule has 0 fully saturated rings. The zero-order chi connectivity index (χ0) is 13.8. The molecule has 0 bridgehead atoms. The number of carboxylic acid groups (broad SMARTS) is 1. The van der Waals surface area contributed by atoms with Crippen molar-refractivity contribution in [2.24, 2.45) is 0 Å². The SMILES string of the molecule is Cc1ccc(C(C)(C)CNCCC(=O)O)cc1C. The second-order valence-electron chi connectivity index (χ2n) is 5.50. The fraction of sp³-hybridized carbons (Fsp3) is 0.533. The molecule has 0 heterocycles. The maximum absolute atomic E-state index is 10.4. The first-order valence-electron chi connectivity index (χ1n) is 6.33. The number of aryl methyl sites for hydroxylation is 2. The predicted octanol–water partition coefficient (Wildman–Crippen LogP) is 2.65. The predicted molar refractivity (Wildman–Crippen MR) is 74.1 cm³/mol. The molecule has 1 rings (SSSR count). The molecular formula is C15H23NO2. The average molecular weight is 249 g/mol. The highest BCUT2D eigenvalue weighted by Gasteiger charge is 2.20. The lowest BCUT2D eigenvalue weighted by atomic mass is 9.83. The first-order chi connectivity index (χ1) is 8.33. The van der Waals surface area contributed by atoms with E-state index in [-0.39, 0.29) is 11.8 Å². The minimum absolute atomic E-state index is 0.0109. The first-order valence-corrected chi connectivity index (χ1v) is 6.33. The van der Waals surface area contributed by atoms with Crippen LogP contribution in [0.15, 0.2) is 18.2 Å². The minimum atomic E-state index is -0.758. The zero-order valence-electron chi connectivity index (χ0n) is 11.7. The lowest BCUT2D eigenvalue weighted by Crippen LogP contribution is -2.34. The van der Waals surface area contributed by atoms with Crippen molar-refractivity contribution in [2.45, 2.75) is 39.5 Å². The van der Waals surface area contributed by atoms with E-state index in [1.807, 2.05) is 0 Å². The van der Waals surface area contributed by atoms with E-state index in [4.69, 9.17) is 5.11 Å². The second kappa shape index (κ2) is 6.01. The van der Waals surface area contributed by atoms with Crippen molar-refractivity contribution < 1.29 is 9.90 Å². The lowest BCUT2D eigenvalue weighted by Gasteiger charge is -2.26. The highest BCUT2D eigenvalue weighted by atomic mass is 16.4. The van der Waals surface area contributed by atoms with Crippen LogP contribution >= 0.6 is 0 Å². The number of nitrogens with one attached hydrogen (secondary N) is 1. The number of carbonyl (C=O) groups is 1. The number of aliphatic carboxylic acids is 1. The van der Waals surface area contributed by atoms with Crippen molar-refractivity contribution >= 4 is 5.97 Å². The van der Waals surface area contributed by atoms with Crippen LogP contribution in [0, 0.1) is 13.8 Å². The summed E-state index contributed by atoms with van der Waals surface area (Å²) in [5, 5.41) is 11.8. The van der Waals surface area contributed by atoms with E-state index in [2.05, 4.69) is 51.2 Å². The van der Waals surface area contributed by atoms with Crippen LogP contribution in [0.25, 0.3) is 0 Å². The van der Waals surface area contributed by atoms with Gasteiger partial charge in [0.15, 0.2) is 0 Å². The fourth-order valence-electron chi connectivity index (χ4n) is 1.86. The van der Waals surface area contributed by atoms with Crippen LogP contribution in [0.5, 0.6) is 0 Å². The van der Waals surface area contributed by atoms with E-state index < -0.39 is 5.97 Å². The van der Waals surface area contributed by atoms with Gasteiger partial charge in [-0.3, -0.25) is 4.79 Å². The fourth-order valence-corrected chi connectivity index (χ4v) is 1.86. The van der Waals surface area contributed by atoms with Crippen molar-refractivity contribution in [1.82, 2.24) is 5.32 Å². The molecular weight excluding hydrogens is 226 g/mol. The molecule has 0 aromatic heterocycles. The minimum Gasteiger partial charge on any atom is -0.481 e. The topological polar surface area (TPSA) is 49.3 Å². The molecule has 0 saturated carbocycles. The third-order valence-corrected chi connectivity index (χ3v) is 3.37. The van der Waals surface area contributed by atoms with Crippen LogP contribution < -0.4 is 5.32 Å². The summed E-state index contributed by atoms with van der Waals surface area (Å²) in [6, 6.07) is 6.51. The molecule has 2 N–H and O–H groups in total. The van der Waals surface area contributed by atoms with Gasteiger partial charge in [0.1, 0.15) is 0 Å². The molecule has 1 aromatic carbocycles. The number of hydrogen-bond acceptors (Lipinski definition) is 2. The van der Waals surface area contributed by atoms with E-state index in [0.717, 1.165) is 6.54 Å². The summed E-state index contributed by atoms with van der Waals surface area (Å²) in [6.45, 7) is 9.87. The Morgan fingerprint density at radius 3 is 2.50 bits per heavy atom. The van der Waals surface area contributed by atoms with E-state index in [9.17, 15) is 4.79 Å². The van der Waals surface area contributed by atoms with Crippen LogP contribution in [-0.2, 0) is 10.2 Å². The number of benzene rings is 1. The van der Waals surface area contributed by atoms with Gasteiger partial charge in [0.2, 0.25) is 0 Å². The lowest BCUT2D eigenvalue weighted by molar-refractivity contribution is -0.136. The molecule has 100 valence electrons. The van der Waals surface area contributed by atoms with Crippen molar-refractivity contribution in [3.05, 3.63) is 34.9 Å². The summed E-state index contributed by atoms with van der Waals surface area (Å²) in [5.41, 5.74) is 3.89. The van der Waals surface area contributed by atoms with E-state index >= 15 is 0 Å². The van der Waals surface area contributed by atoms with E-state index in [1.54, 1.807) is 0 Å². The molecule has 0 amide bonds. The van der Waals surface area contributed by atoms with Crippen LogP contribution in [0.1, 0.15) is 37.0 Å². The maximum atomic E-state index is 10.4. The van der Waals surface area contributed by atoms with Crippen molar-refractivity contribution in [1.29, 1.82) is 0 Å². The third-order valence-electron chi connectivity index (χ3n) is 3.37. The Bertz CT molecular complexity index is 425. The van der Waals surface area contributed by atoms with Crippen LogP contribution in [-0.4, -0.2) is 24.2 Å². The van der Waals surface area contributed by atoms with Gasteiger partial charge in [-0.05, 0) is 30.5 Å². The summed E-state index contributed by atoms with van der Waals surface area (Å²) in [5.74, 6) is -0.758. The summed E-state index contributed by atoms with van der Waals surface area (Å²) in [6.07, 6.45) is 0.170. The van der Waals surface area contributed by atoms with Gasteiger partial charge >= 0.3 is 5.97 Å². The van der Waals surface area contributed by atoms with Crippen molar-refractivity contribution in [2.75, 3.05) is 13.1 Å². The third kappa shape index (κ3) is 4.15. The highest BCUT2D eigenvalue weighted by molar-refractivity contribution is 5.66. The van der Waals surface area contributed by atoms with Gasteiger partial charge < -0.3 is 10.4 Å². The Balaban J connectivity index is 2.61. The number of hydrogen-bond donors (Lipinski definition) is 2. The van der Waals surface area contributed by atoms with Gasteiger partial charge in [-0.25, -0.2) is 0 Å². The maximum Gasteiger partial charge on any atom is 0.304 e. The molecule has 0 spiro atoms. The Kier molecular flexibility index (Phi) is 4.91. The summed E-state index contributed by atoms with van der Waals surface area (Å²) >= 11 is 0. The molecule has 0 aliphatic heterocycles. The summed E-state index contributed by atoms with van der Waals surface area (Å²) in [7, 11) is 0. The first kappa shape index (κ1) is 14.7. The molecule has 0 atom stereocenters. The monoisotopic (exact) mass is 249 g/mol. The Hall–Kier alpha value is -1.35. The molecule has 0 unspecified atom stereocenters. The van der Waals surface area contributed by atoms with E-state index in [0.29, 0.717) is 6.54 Å². The van der Waals surface area contributed by atoms with Gasteiger partial charge in [-0.1, -0.05) is 32.0 Å². The van der Waals surface area contributed by atoms with Crippen molar-refractivity contribution in [3.8, 4) is 0 Å². The normalized spacial score (nSPS) is 11.6. The largest absolute Gasteiger partial charge is 0.481 e. The molecule has 3 heteroatoms. The quantitative estimate of drug-likeness (QED) is 0.762. The van der Waals surface area contributed by atoms with Gasteiger partial charge in [-0.15, -0.1) is 0 Å². The van der Waals surface area contributed by atoms with Crippen LogP contribution in [0.3, 0.4) is 0 Å². The molecule has 3 nitrogen and oxygen atoms in total. The summed E-state index contributed by atoms with van der Waals surface area (Å²) < 4.78 is 0. The Morgan fingerprint density at radius 1 is 1.28 bits per heavy atom. The Morgan fingerprint density at radius 2 is 1.94 bits per heavy atom. The summed E-state index contributed by atoms with van der Waals surface area (Å²) in [4.78, 5) is 10.4. The average Bonchev–Trinajstić information content (AvgIpc) is 2.28. The Labute approximate surface area is 109 Å². The van der Waals surface area contributed by atoms with E-state index in [1.165, 1.54) is 16.7 Å². The van der Waals surface area contributed by atoms with Crippen LogP contribution in [0.2, 0.25) is 0 Å². The molecule has 0 saturated heterocycles. The molecule has 0 aliphatic carbocycles. The molecule has 0 aliphatic rings. The van der Waals surface area contributed by atoms with Gasteiger partial charge in [0, 0.05) is 18.5 Å². The van der Waals surface area contributed by atoms with Gasteiger partial charge in [0.05, 0.1) is 6.42 Å². The zero-order valence-corrected chi connectivity index (χ0v) is 11.7. The number of rotatable bonds is 6. The second-order valence-corrected chi connectivity index (χ2v) is 5.50. The van der Waals surface area contributed by atoms with Crippen LogP contribution in [0.4, 0.5) is 0 Å². The smallest absolute Gasteiger partial charge is 0.304 e. The van der Waals surface area contributed by atoms with Gasteiger partial charge in [-0.2, -0.15) is 0 Å². The molecule has 0 radical (unpaired) electrons. The standard InChI is InChI=1S/C15H23NO2/c1-11-5-6-13(9-12(11)2)15(3,4)10-16-8-7-14(17)18/h5-6,9,16H,7-8,10H2,1-4H3,(H,17,18). The van der Waals surface area contributed by atoms with Gasteiger partial charge in [0.25, 0.3) is 0 Å².